The van der Waals surface area contributed by atoms with Crippen molar-refractivity contribution in [3.63, 3.8) is 0 Å². The first kappa shape index (κ1) is 17.2. The van der Waals surface area contributed by atoms with E-state index in [0.29, 0.717) is 17.8 Å². The molecule has 0 atom stereocenters. The van der Waals surface area contributed by atoms with Crippen molar-refractivity contribution in [2.45, 2.75) is 6.54 Å². The number of hydrogen-bond acceptors (Lipinski definition) is 3. The minimum Gasteiger partial charge on any atom is -0.348 e. The molecule has 7 heteroatoms. The third-order valence-electron chi connectivity index (χ3n) is 3.55. The second-order valence-electron chi connectivity index (χ2n) is 5.24. The monoisotopic (exact) mass is 373 g/mol. The van der Waals surface area contributed by atoms with E-state index >= 15 is 0 Å². The van der Waals surface area contributed by atoms with Crippen molar-refractivity contribution in [2.24, 2.45) is 0 Å². The van der Waals surface area contributed by atoms with E-state index in [4.69, 9.17) is 23.2 Å². The van der Waals surface area contributed by atoms with Crippen LogP contribution < -0.4 is 10.9 Å². The number of aromatic nitrogens is 2. The summed E-state index contributed by atoms with van der Waals surface area (Å²) in [5.41, 5.74) is 1.46. The largest absolute Gasteiger partial charge is 0.348 e. The average molecular weight is 374 g/mol. The number of benzene rings is 2. The molecule has 25 heavy (non-hydrogen) atoms. The Morgan fingerprint density at radius 1 is 1.04 bits per heavy atom. The van der Waals surface area contributed by atoms with Crippen molar-refractivity contribution in [2.75, 3.05) is 0 Å². The van der Waals surface area contributed by atoms with Crippen LogP contribution in [-0.4, -0.2) is 15.7 Å². The van der Waals surface area contributed by atoms with E-state index in [1.807, 2.05) is 30.3 Å². The first-order valence-corrected chi connectivity index (χ1v) is 8.18. The third kappa shape index (κ3) is 3.90. The van der Waals surface area contributed by atoms with Gasteiger partial charge in [0.2, 0.25) is 0 Å². The van der Waals surface area contributed by atoms with Crippen molar-refractivity contribution in [1.82, 2.24) is 15.1 Å². The summed E-state index contributed by atoms with van der Waals surface area (Å²) in [6, 6.07) is 16.1. The second kappa shape index (κ2) is 7.51. The lowest BCUT2D eigenvalue weighted by Gasteiger charge is -2.08. The molecule has 0 saturated carbocycles. The summed E-state index contributed by atoms with van der Waals surface area (Å²) in [4.78, 5) is 24.3. The first-order valence-electron chi connectivity index (χ1n) is 7.42. The van der Waals surface area contributed by atoms with Crippen LogP contribution in [0, 0.1) is 0 Å². The molecule has 0 fully saturated rings. The van der Waals surface area contributed by atoms with Crippen LogP contribution >= 0.6 is 23.2 Å². The fourth-order valence-electron chi connectivity index (χ4n) is 2.23. The van der Waals surface area contributed by atoms with Gasteiger partial charge in [-0.2, -0.15) is 9.78 Å². The lowest BCUT2D eigenvalue weighted by molar-refractivity contribution is 0.0951. The Hall–Kier alpha value is -2.63. The van der Waals surface area contributed by atoms with E-state index in [1.54, 1.807) is 24.3 Å². The lowest BCUT2D eigenvalue weighted by atomic mass is 10.2. The Bertz CT molecular complexity index is 954. The fraction of sp³-hybridized carbons (Fsp3) is 0.0556. The Morgan fingerprint density at radius 2 is 1.72 bits per heavy atom. The predicted octanol–water partition coefficient (Wildman–Crippen LogP) is 3.47. The third-order valence-corrected chi connectivity index (χ3v) is 4.29. The number of nitrogens with zero attached hydrogens (tertiary/aromatic N) is 2. The Morgan fingerprint density at radius 3 is 2.40 bits per heavy atom. The molecule has 0 spiro atoms. The number of nitrogens with one attached hydrogen (secondary N) is 1. The summed E-state index contributed by atoms with van der Waals surface area (Å²) in [6.07, 6.45) is 1.30. The molecule has 5 nitrogen and oxygen atoms in total. The van der Waals surface area contributed by atoms with Crippen LogP contribution in [0.1, 0.15) is 15.9 Å². The molecule has 1 N–H and O–H groups in total. The highest BCUT2D eigenvalue weighted by atomic mass is 35.5. The van der Waals surface area contributed by atoms with Crippen molar-refractivity contribution in [3.05, 3.63) is 92.3 Å². The van der Waals surface area contributed by atoms with Crippen LogP contribution in [0.2, 0.25) is 10.0 Å². The highest BCUT2D eigenvalue weighted by Gasteiger charge is 2.10. The van der Waals surface area contributed by atoms with Gasteiger partial charge in [0.05, 0.1) is 16.9 Å². The highest BCUT2D eigenvalue weighted by Crippen LogP contribution is 2.16. The topological polar surface area (TPSA) is 64.0 Å². The van der Waals surface area contributed by atoms with Crippen LogP contribution in [0.4, 0.5) is 0 Å². The van der Waals surface area contributed by atoms with Crippen molar-refractivity contribution < 1.29 is 4.79 Å². The highest BCUT2D eigenvalue weighted by molar-refractivity contribution is 6.41. The minimum absolute atomic E-state index is 0.0960. The molecule has 0 radical (unpaired) electrons. The van der Waals surface area contributed by atoms with E-state index in [1.165, 1.54) is 6.20 Å². The summed E-state index contributed by atoms with van der Waals surface area (Å²) in [5, 5.41) is 6.79. The minimum atomic E-state index is -0.518. The van der Waals surface area contributed by atoms with E-state index in [2.05, 4.69) is 10.4 Å². The second-order valence-corrected chi connectivity index (χ2v) is 6.02. The first-order chi connectivity index (χ1) is 12.1. The van der Waals surface area contributed by atoms with E-state index in [0.717, 1.165) is 10.2 Å². The molecule has 3 aromatic rings. The van der Waals surface area contributed by atoms with Gasteiger partial charge in [-0.05, 0) is 29.8 Å². The number of carbonyl (C=O) groups excluding carboxylic acids is 1. The van der Waals surface area contributed by atoms with Gasteiger partial charge in [-0.15, -0.1) is 0 Å². The maximum atomic E-state index is 12.2. The summed E-state index contributed by atoms with van der Waals surface area (Å²) >= 11 is 11.6. The molecule has 0 unspecified atom stereocenters. The molecule has 0 saturated heterocycles. The van der Waals surface area contributed by atoms with Gasteiger partial charge in [0, 0.05) is 12.1 Å². The molecule has 0 bridgehead atoms. The van der Waals surface area contributed by atoms with E-state index in [-0.39, 0.29) is 16.0 Å². The van der Waals surface area contributed by atoms with Crippen molar-refractivity contribution in [1.29, 1.82) is 0 Å². The van der Waals surface area contributed by atoms with Crippen molar-refractivity contribution >= 4 is 29.1 Å². The molecule has 126 valence electrons. The van der Waals surface area contributed by atoms with E-state index in [9.17, 15) is 9.59 Å². The maximum absolute atomic E-state index is 12.2. The summed E-state index contributed by atoms with van der Waals surface area (Å²) < 4.78 is 1.12. The van der Waals surface area contributed by atoms with Gasteiger partial charge < -0.3 is 5.32 Å². The van der Waals surface area contributed by atoms with Crippen LogP contribution in [0.25, 0.3) is 5.69 Å². The number of hydrogen-bond donors (Lipinski definition) is 1. The van der Waals surface area contributed by atoms with Crippen LogP contribution in [0.5, 0.6) is 0 Å². The van der Waals surface area contributed by atoms with Gasteiger partial charge in [-0.1, -0.05) is 53.5 Å². The van der Waals surface area contributed by atoms with Gasteiger partial charge >= 0.3 is 0 Å². The van der Waals surface area contributed by atoms with E-state index < -0.39 is 5.56 Å². The molecular formula is C18H13Cl2N3O2. The zero-order valence-corrected chi connectivity index (χ0v) is 14.5. The molecule has 1 heterocycles. The van der Waals surface area contributed by atoms with Crippen LogP contribution in [0.15, 0.2) is 65.6 Å². The van der Waals surface area contributed by atoms with Gasteiger partial charge in [0.15, 0.2) is 0 Å². The van der Waals surface area contributed by atoms with Crippen LogP contribution in [-0.2, 0) is 6.54 Å². The summed E-state index contributed by atoms with van der Waals surface area (Å²) in [6.45, 7) is 0.440. The van der Waals surface area contributed by atoms with Gasteiger partial charge in [-0.25, -0.2) is 0 Å². The Labute approximate surface area is 153 Å². The molecule has 0 aliphatic carbocycles. The molecule has 1 amide bonds. The molecule has 2 aromatic carbocycles. The fourth-order valence-corrected chi connectivity index (χ4v) is 2.48. The van der Waals surface area contributed by atoms with Crippen LogP contribution in [0.3, 0.4) is 0 Å². The van der Waals surface area contributed by atoms with Gasteiger partial charge in [0.25, 0.3) is 11.5 Å². The summed E-state index contributed by atoms with van der Waals surface area (Å²) in [5.74, 6) is -0.204. The zero-order chi connectivity index (χ0) is 17.8. The van der Waals surface area contributed by atoms with Crippen molar-refractivity contribution in [3.8, 4) is 5.69 Å². The predicted molar refractivity (Wildman–Crippen MR) is 97.5 cm³/mol. The molecular weight excluding hydrogens is 361 g/mol. The lowest BCUT2D eigenvalue weighted by Crippen LogP contribution is -2.23. The normalized spacial score (nSPS) is 10.5. The summed E-state index contributed by atoms with van der Waals surface area (Å²) in [7, 11) is 0. The average Bonchev–Trinajstić information content (AvgIpc) is 2.65. The number of amides is 1. The zero-order valence-electron chi connectivity index (χ0n) is 12.9. The number of carbonyl (C=O) groups is 1. The van der Waals surface area contributed by atoms with Gasteiger partial charge in [0.1, 0.15) is 5.02 Å². The maximum Gasteiger partial charge on any atom is 0.291 e. The quantitative estimate of drug-likeness (QED) is 0.761. The SMILES string of the molecule is O=C(NCc1ccccc1)c1ccc(-n2ncc(Cl)c(Cl)c2=O)cc1. The van der Waals surface area contributed by atoms with Gasteiger partial charge in [-0.3, -0.25) is 9.59 Å². The Balaban J connectivity index is 1.75. The smallest absolute Gasteiger partial charge is 0.291 e. The standard InChI is InChI=1S/C18H13Cl2N3O2/c19-15-11-22-23(18(25)16(15)20)14-8-6-13(7-9-14)17(24)21-10-12-4-2-1-3-5-12/h1-9,11H,10H2,(H,21,24). The molecule has 0 aliphatic rings. The molecule has 3 rings (SSSR count). The number of rotatable bonds is 4. The Kier molecular flexibility index (Phi) is 5.16. The number of halogens is 2. The molecule has 0 aliphatic heterocycles. The molecule has 1 aromatic heterocycles.